The number of Topliss-reactive ketones (excluding diaryl/α,β-unsaturated/α-hetero) is 1. The Hall–Kier alpha value is -0.920. The molecule has 0 saturated heterocycles. The zero-order chi connectivity index (χ0) is 9.30. The molecule has 1 nitrogen and oxygen atoms in total. The average Bonchev–Trinajstić information content (AvgIpc) is 1.82. The lowest BCUT2D eigenvalue weighted by atomic mass is 9.90. The first-order valence-corrected chi connectivity index (χ1v) is 4.05. The minimum absolute atomic E-state index is 0.149. The molecule has 1 atom stereocenters. The van der Waals surface area contributed by atoms with E-state index < -0.39 is 6.17 Å². The second kappa shape index (κ2) is 3.21. The maximum absolute atomic E-state index is 13.3. The van der Waals surface area contributed by atoms with E-state index >= 15 is 0 Å². The number of ketones is 1. The van der Waals surface area contributed by atoms with Crippen LogP contribution in [0.15, 0.2) is 22.8 Å². The monoisotopic (exact) mass is 168 g/mol. The van der Waals surface area contributed by atoms with Crippen molar-refractivity contribution in [3.63, 3.8) is 0 Å². The van der Waals surface area contributed by atoms with Crippen LogP contribution >= 0.6 is 0 Å². The summed E-state index contributed by atoms with van der Waals surface area (Å²) in [4.78, 5) is 11.0. The third kappa shape index (κ3) is 1.63. The van der Waals surface area contributed by atoms with Crippen molar-refractivity contribution in [1.82, 2.24) is 0 Å². The van der Waals surface area contributed by atoms with Crippen LogP contribution in [0.1, 0.15) is 27.2 Å². The lowest BCUT2D eigenvalue weighted by molar-refractivity contribution is -0.114. The average molecular weight is 168 g/mol. The fraction of sp³-hybridized carbons (Fsp3) is 0.500. The summed E-state index contributed by atoms with van der Waals surface area (Å²) in [6.07, 6.45) is 1.16. The van der Waals surface area contributed by atoms with Gasteiger partial charge in [0.25, 0.3) is 0 Å². The number of alkyl halides is 1. The highest BCUT2D eigenvalue weighted by Gasteiger charge is 2.22. The fourth-order valence-corrected chi connectivity index (χ4v) is 1.64. The van der Waals surface area contributed by atoms with Gasteiger partial charge in [-0.25, -0.2) is 4.39 Å². The zero-order valence-electron chi connectivity index (χ0n) is 7.65. The van der Waals surface area contributed by atoms with Gasteiger partial charge in [0.2, 0.25) is 0 Å². The van der Waals surface area contributed by atoms with Gasteiger partial charge in [0.15, 0.2) is 5.78 Å². The van der Waals surface area contributed by atoms with E-state index in [1.54, 1.807) is 6.92 Å². The lowest BCUT2D eigenvalue weighted by Gasteiger charge is -2.18. The van der Waals surface area contributed by atoms with Gasteiger partial charge in [0.05, 0.1) is 0 Å². The molecule has 0 aromatic rings. The Morgan fingerprint density at radius 3 is 2.58 bits per heavy atom. The number of allylic oxidation sites excluding steroid dienone is 4. The van der Waals surface area contributed by atoms with Gasteiger partial charge < -0.3 is 0 Å². The normalized spacial score (nSPS) is 24.0. The van der Waals surface area contributed by atoms with Crippen molar-refractivity contribution in [1.29, 1.82) is 0 Å². The first-order valence-electron chi connectivity index (χ1n) is 4.05. The second-order valence-electron chi connectivity index (χ2n) is 3.32. The quantitative estimate of drug-likeness (QED) is 0.588. The number of hydrogen-bond acceptors (Lipinski definition) is 1. The number of carbonyl (C=O) groups excluding carboxylic acids is 1. The van der Waals surface area contributed by atoms with Crippen LogP contribution in [-0.4, -0.2) is 12.0 Å². The maximum Gasteiger partial charge on any atom is 0.158 e. The SMILES string of the molecule is CC(=O)C1=C(C)C=C(C)CC1F. The summed E-state index contributed by atoms with van der Waals surface area (Å²) in [5, 5.41) is 0. The summed E-state index contributed by atoms with van der Waals surface area (Å²) < 4.78 is 13.3. The van der Waals surface area contributed by atoms with Gasteiger partial charge in [0.1, 0.15) is 6.17 Å². The molecule has 0 saturated carbocycles. The van der Waals surface area contributed by atoms with Crippen LogP contribution < -0.4 is 0 Å². The van der Waals surface area contributed by atoms with Crippen LogP contribution in [0.3, 0.4) is 0 Å². The van der Waals surface area contributed by atoms with E-state index in [-0.39, 0.29) is 5.78 Å². The Kier molecular flexibility index (Phi) is 2.46. The van der Waals surface area contributed by atoms with E-state index in [4.69, 9.17) is 0 Å². The molecule has 2 heteroatoms. The highest BCUT2D eigenvalue weighted by atomic mass is 19.1. The molecule has 1 unspecified atom stereocenters. The largest absolute Gasteiger partial charge is 0.295 e. The predicted octanol–water partition coefficient (Wildman–Crippen LogP) is 2.58. The molecule has 0 radical (unpaired) electrons. The molecule has 0 aromatic heterocycles. The molecule has 0 N–H and O–H groups in total. The van der Waals surface area contributed by atoms with Gasteiger partial charge in [0, 0.05) is 12.0 Å². The molecule has 0 aromatic carbocycles. The molecule has 0 fully saturated rings. The van der Waals surface area contributed by atoms with Crippen molar-refractivity contribution in [2.45, 2.75) is 33.4 Å². The van der Waals surface area contributed by atoms with E-state index in [2.05, 4.69) is 0 Å². The van der Waals surface area contributed by atoms with Gasteiger partial charge in [-0.3, -0.25) is 4.79 Å². The molecular weight excluding hydrogens is 155 g/mol. The Bertz CT molecular complexity index is 274. The summed E-state index contributed by atoms with van der Waals surface area (Å²) in [5.41, 5.74) is 2.13. The van der Waals surface area contributed by atoms with E-state index in [1.165, 1.54) is 6.92 Å². The van der Waals surface area contributed by atoms with E-state index in [0.717, 1.165) is 11.1 Å². The van der Waals surface area contributed by atoms with Crippen molar-refractivity contribution in [2.75, 3.05) is 0 Å². The number of carbonyl (C=O) groups is 1. The molecule has 66 valence electrons. The third-order valence-electron chi connectivity index (χ3n) is 2.08. The lowest BCUT2D eigenvalue weighted by Crippen LogP contribution is -2.16. The number of rotatable bonds is 1. The zero-order valence-corrected chi connectivity index (χ0v) is 7.65. The van der Waals surface area contributed by atoms with Crippen molar-refractivity contribution < 1.29 is 9.18 Å². The van der Waals surface area contributed by atoms with Gasteiger partial charge in [-0.1, -0.05) is 11.6 Å². The molecule has 0 heterocycles. The number of hydrogen-bond donors (Lipinski definition) is 0. The molecule has 1 rings (SSSR count). The first-order chi connectivity index (χ1) is 5.52. The Balaban J connectivity index is 3.08. The molecule has 0 bridgehead atoms. The summed E-state index contributed by atoms with van der Waals surface area (Å²) in [5.74, 6) is -0.149. The van der Waals surface area contributed by atoms with E-state index in [0.29, 0.717) is 12.0 Å². The Morgan fingerprint density at radius 2 is 2.17 bits per heavy atom. The first kappa shape index (κ1) is 9.17. The highest BCUT2D eigenvalue weighted by Crippen LogP contribution is 2.26. The Morgan fingerprint density at radius 1 is 1.58 bits per heavy atom. The topological polar surface area (TPSA) is 17.1 Å². The van der Waals surface area contributed by atoms with Crippen LogP contribution in [0.2, 0.25) is 0 Å². The van der Waals surface area contributed by atoms with Crippen LogP contribution in [0, 0.1) is 0 Å². The third-order valence-corrected chi connectivity index (χ3v) is 2.08. The van der Waals surface area contributed by atoms with Crippen molar-refractivity contribution >= 4 is 5.78 Å². The Labute approximate surface area is 72.0 Å². The predicted molar refractivity (Wildman–Crippen MR) is 46.7 cm³/mol. The van der Waals surface area contributed by atoms with Crippen molar-refractivity contribution in [2.24, 2.45) is 0 Å². The molecular formula is C10H13FO. The van der Waals surface area contributed by atoms with E-state index in [9.17, 15) is 9.18 Å². The van der Waals surface area contributed by atoms with Crippen LogP contribution in [0.4, 0.5) is 4.39 Å². The fourth-order valence-electron chi connectivity index (χ4n) is 1.64. The summed E-state index contributed by atoms with van der Waals surface area (Å²) >= 11 is 0. The second-order valence-corrected chi connectivity index (χ2v) is 3.32. The minimum Gasteiger partial charge on any atom is -0.295 e. The number of halogens is 1. The van der Waals surface area contributed by atoms with Crippen molar-refractivity contribution in [3.05, 3.63) is 22.8 Å². The molecule has 1 aliphatic rings. The molecule has 1 aliphatic carbocycles. The van der Waals surface area contributed by atoms with Crippen LogP contribution in [0.25, 0.3) is 0 Å². The molecule has 0 amide bonds. The van der Waals surface area contributed by atoms with E-state index in [1.807, 2.05) is 13.0 Å². The van der Waals surface area contributed by atoms with Gasteiger partial charge >= 0.3 is 0 Å². The van der Waals surface area contributed by atoms with Gasteiger partial charge in [-0.2, -0.15) is 0 Å². The van der Waals surface area contributed by atoms with Gasteiger partial charge in [-0.15, -0.1) is 0 Å². The van der Waals surface area contributed by atoms with Crippen LogP contribution in [0.5, 0.6) is 0 Å². The molecule has 0 spiro atoms. The van der Waals surface area contributed by atoms with Crippen LogP contribution in [-0.2, 0) is 4.79 Å². The smallest absolute Gasteiger partial charge is 0.158 e. The molecule has 0 aliphatic heterocycles. The highest BCUT2D eigenvalue weighted by molar-refractivity contribution is 5.95. The van der Waals surface area contributed by atoms with Crippen molar-refractivity contribution in [3.8, 4) is 0 Å². The molecule has 12 heavy (non-hydrogen) atoms. The summed E-state index contributed by atoms with van der Waals surface area (Å²) in [7, 11) is 0. The van der Waals surface area contributed by atoms with Gasteiger partial charge in [-0.05, 0) is 26.3 Å². The minimum atomic E-state index is -1.09. The summed E-state index contributed by atoms with van der Waals surface area (Å²) in [6, 6.07) is 0. The standard InChI is InChI=1S/C10H13FO/c1-6-4-7(2)10(8(3)12)9(11)5-6/h4,9H,5H2,1-3H3. The maximum atomic E-state index is 13.3. The summed E-state index contributed by atoms with van der Waals surface area (Å²) in [6.45, 7) is 5.08.